The van der Waals surface area contributed by atoms with E-state index in [2.05, 4.69) is 27.8 Å². The quantitative estimate of drug-likeness (QED) is 0.794. The molecule has 4 heteroatoms. The van der Waals surface area contributed by atoms with Crippen LogP contribution in [0.25, 0.3) is 0 Å². The lowest BCUT2D eigenvalue weighted by Gasteiger charge is -2.38. The van der Waals surface area contributed by atoms with Gasteiger partial charge in [-0.2, -0.15) is 0 Å². The molecule has 0 aliphatic carbocycles. The van der Waals surface area contributed by atoms with Gasteiger partial charge in [-0.3, -0.25) is 0 Å². The van der Waals surface area contributed by atoms with E-state index in [1.54, 1.807) is 6.07 Å². The van der Waals surface area contributed by atoms with Gasteiger partial charge < -0.3 is 9.64 Å². The molecule has 1 aliphatic rings. The standard InChI is InChI=1S/C13H17BrFNO/c1-2-11-9-17-7-6-16(11)13-10(8-14)4-3-5-12(13)15/h3-5,11H,2,6-9H2,1H3. The topological polar surface area (TPSA) is 12.5 Å². The Kier molecular flexibility index (Phi) is 4.40. The van der Waals surface area contributed by atoms with E-state index in [-0.39, 0.29) is 11.9 Å². The average Bonchev–Trinajstić information content (AvgIpc) is 2.38. The lowest BCUT2D eigenvalue weighted by molar-refractivity contribution is 0.0925. The Labute approximate surface area is 110 Å². The molecule has 94 valence electrons. The molecule has 1 aromatic rings. The lowest BCUT2D eigenvalue weighted by atomic mass is 10.1. The zero-order valence-electron chi connectivity index (χ0n) is 9.96. The molecule has 1 saturated heterocycles. The molecule has 0 radical (unpaired) electrons. The molecule has 0 saturated carbocycles. The summed E-state index contributed by atoms with van der Waals surface area (Å²) in [5.74, 6) is -0.137. The maximum absolute atomic E-state index is 14.0. The van der Waals surface area contributed by atoms with Crippen molar-refractivity contribution < 1.29 is 9.13 Å². The molecule has 1 atom stereocenters. The number of hydrogen-bond donors (Lipinski definition) is 0. The highest BCUT2D eigenvalue weighted by Gasteiger charge is 2.25. The average molecular weight is 302 g/mol. The van der Waals surface area contributed by atoms with Crippen LogP contribution in [0, 0.1) is 5.82 Å². The summed E-state index contributed by atoms with van der Waals surface area (Å²) in [5, 5.41) is 0.674. The fourth-order valence-electron chi connectivity index (χ4n) is 2.28. The number of para-hydroxylation sites is 1. The Bertz CT molecular complexity index is 386. The summed E-state index contributed by atoms with van der Waals surface area (Å²) in [4.78, 5) is 2.15. The number of alkyl halides is 1. The van der Waals surface area contributed by atoms with Crippen molar-refractivity contribution in [3.63, 3.8) is 0 Å². The zero-order valence-corrected chi connectivity index (χ0v) is 11.5. The van der Waals surface area contributed by atoms with Gasteiger partial charge in [-0.25, -0.2) is 4.39 Å². The van der Waals surface area contributed by atoms with Gasteiger partial charge in [-0.1, -0.05) is 35.0 Å². The predicted molar refractivity (Wildman–Crippen MR) is 71.3 cm³/mol. The monoisotopic (exact) mass is 301 g/mol. The number of halogens is 2. The number of anilines is 1. The maximum atomic E-state index is 14.0. The number of benzene rings is 1. The molecular weight excluding hydrogens is 285 g/mol. The van der Waals surface area contributed by atoms with Gasteiger partial charge in [0.1, 0.15) is 5.82 Å². The van der Waals surface area contributed by atoms with Gasteiger partial charge in [0.2, 0.25) is 0 Å². The van der Waals surface area contributed by atoms with E-state index < -0.39 is 0 Å². The molecule has 0 spiro atoms. The van der Waals surface area contributed by atoms with Crippen LogP contribution in [0.2, 0.25) is 0 Å². The number of nitrogens with zero attached hydrogens (tertiary/aromatic N) is 1. The SMILES string of the molecule is CCC1COCCN1c1c(F)cccc1CBr. The highest BCUT2D eigenvalue weighted by Crippen LogP contribution is 2.29. The summed E-state index contributed by atoms with van der Waals surface area (Å²) in [6.45, 7) is 4.24. The first-order valence-electron chi connectivity index (χ1n) is 5.95. The second-order valence-electron chi connectivity index (χ2n) is 4.21. The van der Waals surface area contributed by atoms with E-state index in [1.807, 2.05) is 6.07 Å². The first-order valence-corrected chi connectivity index (χ1v) is 7.07. The fraction of sp³-hybridized carbons (Fsp3) is 0.538. The van der Waals surface area contributed by atoms with Crippen molar-refractivity contribution in [2.75, 3.05) is 24.7 Å². The van der Waals surface area contributed by atoms with Crippen LogP contribution in [0.1, 0.15) is 18.9 Å². The summed E-state index contributed by atoms with van der Waals surface area (Å²) in [7, 11) is 0. The molecule has 1 unspecified atom stereocenters. The van der Waals surface area contributed by atoms with E-state index in [0.717, 1.165) is 24.2 Å². The second kappa shape index (κ2) is 5.83. The van der Waals surface area contributed by atoms with Crippen molar-refractivity contribution in [1.82, 2.24) is 0 Å². The van der Waals surface area contributed by atoms with Gasteiger partial charge in [-0.15, -0.1) is 0 Å². The summed E-state index contributed by atoms with van der Waals surface area (Å²) >= 11 is 3.43. The molecule has 1 heterocycles. The number of hydrogen-bond acceptors (Lipinski definition) is 2. The fourth-order valence-corrected chi connectivity index (χ4v) is 2.73. The van der Waals surface area contributed by atoms with Crippen molar-refractivity contribution in [2.45, 2.75) is 24.7 Å². The minimum Gasteiger partial charge on any atom is -0.377 e. The summed E-state index contributed by atoms with van der Waals surface area (Å²) in [6.07, 6.45) is 0.968. The number of rotatable bonds is 3. The number of morpholine rings is 1. The minimum atomic E-state index is -0.137. The maximum Gasteiger partial charge on any atom is 0.146 e. The molecule has 1 aliphatic heterocycles. The van der Waals surface area contributed by atoms with E-state index in [0.29, 0.717) is 18.5 Å². The van der Waals surface area contributed by atoms with E-state index in [9.17, 15) is 4.39 Å². The first-order chi connectivity index (χ1) is 8.27. The largest absolute Gasteiger partial charge is 0.377 e. The molecule has 2 rings (SSSR count). The van der Waals surface area contributed by atoms with Crippen molar-refractivity contribution in [1.29, 1.82) is 0 Å². The van der Waals surface area contributed by atoms with Gasteiger partial charge in [0.25, 0.3) is 0 Å². The van der Waals surface area contributed by atoms with Crippen LogP contribution < -0.4 is 4.90 Å². The van der Waals surface area contributed by atoms with E-state index in [4.69, 9.17) is 4.74 Å². The van der Waals surface area contributed by atoms with Crippen LogP contribution in [0.4, 0.5) is 10.1 Å². The Hall–Kier alpha value is -0.610. The summed E-state index contributed by atoms with van der Waals surface area (Å²) < 4.78 is 19.5. The Morgan fingerprint density at radius 3 is 3.06 bits per heavy atom. The normalized spacial score (nSPS) is 20.6. The summed E-state index contributed by atoms with van der Waals surface area (Å²) in [6, 6.07) is 5.54. The number of ether oxygens (including phenoxy) is 1. The third-order valence-corrected chi connectivity index (χ3v) is 3.80. The van der Waals surface area contributed by atoms with Gasteiger partial charge in [0.15, 0.2) is 0 Å². The van der Waals surface area contributed by atoms with Gasteiger partial charge in [-0.05, 0) is 18.1 Å². The van der Waals surface area contributed by atoms with E-state index >= 15 is 0 Å². The van der Waals surface area contributed by atoms with Gasteiger partial charge in [0, 0.05) is 11.9 Å². The predicted octanol–water partition coefficient (Wildman–Crippen LogP) is 3.34. The lowest BCUT2D eigenvalue weighted by Crippen LogP contribution is -2.46. The Morgan fingerprint density at radius 2 is 2.35 bits per heavy atom. The van der Waals surface area contributed by atoms with Crippen molar-refractivity contribution >= 4 is 21.6 Å². The van der Waals surface area contributed by atoms with Gasteiger partial charge in [0.05, 0.1) is 24.9 Å². The van der Waals surface area contributed by atoms with E-state index in [1.165, 1.54) is 6.07 Å². The van der Waals surface area contributed by atoms with Crippen LogP contribution in [0.5, 0.6) is 0 Å². The smallest absolute Gasteiger partial charge is 0.146 e. The van der Waals surface area contributed by atoms with Crippen molar-refractivity contribution in [2.24, 2.45) is 0 Å². The molecule has 2 nitrogen and oxygen atoms in total. The Morgan fingerprint density at radius 1 is 1.53 bits per heavy atom. The van der Waals surface area contributed by atoms with Gasteiger partial charge >= 0.3 is 0 Å². The third-order valence-electron chi connectivity index (χ3n) is 3.20. The second-order valence-corrected chi connectivity index (χ2v) is 4.77. The highest BCUT2D eigenvalue weighted by molar-refractivity contribution is 9.08. The molecule has 17 heavy (non-hydrogen) atoms. The van der Waals surface area contributed by atoms with Crippen LogP contribution >= 0.6 is 15.9 Å². The molecule has 0 aromatic heterocycles. The summed E-state index contributed by atoms with van der Waals surface area (Å²) in [5.41, 5.74) is 1.74. The Balaban J connectivity index is 2.36. The highest BCUT2D eigenvalue weighted by atomic mass is 79.9. The van der Waals surface area contributed by atoms with Crippen LogP contribution in [0.15, 0.2) is 18.2 Å². The first kappa shape index (κ1) is 12.8. The van der Waals surface area contributed by atoms with Crippen LogP contribution in [-0.4, -0.2) is 25.8 Å². The molecule has 0 bridgehead atoms. The molecule has 0 N–H and O–H groups in total. The third kappa shape index (κ3) is 2.63. The molecule has 1 fully saturated rings. The van der Waals surface area contributed by atoms with Crippen molar-refractivity contribution in [3.8, 4) is 0 Å². The van der Waals surface area contributed by atoms with Crippen LogP contribution in [-0.2, 0) is 10.1 Å². The van der Waals surface area contributed by atoms with Crippen LogP contribution in [0.3, 0.4) is 0 Å². The molecule has 1 aromatic carbocycles. The molecular formula is C13H17BrFNO. The minimum absolute atomic E-state index is 0.137. The zero-order chi connectivity index (χ0) is 12.3. The molecule has 0 amide bonds. The van der Waals surface area contributed by atoms with Crippen molar-refractivity contribution in [3.05, 3.63) is 29.6 Å².